The maximum atomic E-state index is 12.5. The molecule has 1 fully saturated rings. The zero-order valence-corrected chi connectivity index (χ0v) is 14.1. The molecule has 2 N–H and O–H groups in total. The molecule has 2 amide bonds. The van der Waals surface area contributed by atoms with E-state index in [1.165, 1.54) is 18.2 Å². The zero-order chi connectivity index (χ0) is 18.0. The number of hydrogen-bond donors (Lipinski definition) is 2. The lowest BCUT2D eigenvalue weighted by atomic mass is 10.1. The van der Waals surface area contributed by atoms with Crippen molar-refractivity contribution in [3.05, 3.63) is 58.6 Å². The summed E-state index contributed by atoms with van der Waals surface area (Å²) in [6, 6.07) is 10.5. The van der Waals surface area contributed by atoms with E-state index in [1.54, 1.807) is 34.1 Å². The highest BCUT2D eigenvalue weighted by Gasteiger charge is 2.25. The van der Waals surface area contributed by atoms with Gasteiger partial charge in [0, 0.05) is 48.4 Å². The van der Waals surface area contributed by atoms with Crippen LogP contribution in [0, 0.1) is 0 Å². The normalized spacial score (nSPS) is 14.4. The highest BCUT2D eigenvalue weighted by Crippen LogP contribution is 2.22. The topological polar surface area (TPSA) is 81.1 Å². The number of carbonyl (C=O) groups excluding carboxylic acids is 2. The maximum absolute atomic E-state index is 12.5. The fraction of sp³-hybridized carbons (Fsp3) is 0.222. The quantitative estimate of drug-likeness (QED) is 0.861. The van der Waals surface area contributed by atoms with Crippen LogP contribution < -0.4 is 0 Å². The van der Waals surface area contributed by atoms with Gasteiger partial charge in [-0.3, -0.25) is 9.59 Å². The highest BCUT2D eigenvalue weighted by molar-refractivity contribution is 6.30. The number of halogens is 1. The summed E-state index contributed by atoms with van der Waals surface area (Å²) in [5, 5.41) is 19.6. The molecular weight excluding hydrogens is 344 g/mol. The fourth-order valence-corrected chi connectivity index (χ4v) is 2.91. The predicted octanol–water partition coefficient (Wildman–Crippen LogP) is 2.35. The monoisotopic (exact) mass is 360 g/mol. The Labute approximate surface area is 149 Å². The van der Waals surface area contributed by atoms with Crippen molar-refractivity contribution in [1.82, 2.24) is 9.80 Å². The van der Waals surface area contributed by atoms with Gasteiger partial charge in [0.15, 0.2) is 0 Å². The van der Waals surface area contributed by atoms with Gasteiger partial charge >= 0.3 is 0 Å². The van der Waals surface area contributed by atoms with Crippen LogP contribution in [0.25, 0.3) is 0 Å². The molecule has 0 spiro atoms. The summed E-state index contributed by atoms with van der Waals surface area (Å²) in [5.41, 5.74) is 0.775. The van der Waals surface area contributed by atoms with Gasteiger partial charge in [-0.25, -0.2) is 0 Å². The molecule has 1 heterocycles. The summed E-state index contributed by atoms with van der Waals surface area (Å²) in [4.78, 5) is 28.2. The number of piperazine rings is 1. The number of nitrogens with zero attached hydrogens (tertiary/aromatic N) is 2. The van der Waals surface area contributed by atoms with E-state index in [-0.39, 0.29) is 28.9 Å². The Morgan fingerprint density at radius 3 is 1.68 bits per heavy atom. The molecule has 0 saturated carbocycles. The number of phenolic OH excluding ortho intramolecular Hbond substituents is 2. The summed E-state index contributed by atoms with van der Waals surface area (Å²) in [6.07, 6.45) is 0. The van der Waals surface area contributed by atoms with Gasteiger partial charge < -0.3 is 20.0 Å². The summed E-state index contributed by atoms with van der Waals surface area (Å²) >= 11 is 5.83. The van der Waals surface area contributed by atoms with E-state index in [2.05, 4.69) is 0 Å². The summed E-state index contributed by atoms with van der Waals surface area (Å²) in [7, 11) is 0. The van der Waals surface area contributed by atoms with Crippen molar-refractivity contribution in [3.63, 3.8) is 0 Å². The SMILES string of the molecule is O=C(c1ccc(Cl)cc1)N1CCN(C(=O)c2cc(O)cc(O)c2)CC1. The van der Waals surface area contributed by atoms with Crippen LogP contribution in [0.5, 0.6) is 11.5 Å². The fourth-order valence-electron chi connectivity index (χ4n) is 2.79. The van der Waals surface area contributed by atoms with Crippen LogP contribution in [0.3, 0.4) is 0 Å². The molecule has 3 rings (SSSR count). The number of hydrogen-bond acceptors (Lipinski definition) is 4. The molecule has 0 aromatic heterocycles. The van der Waals surface area contributed by atoms with E-state index < -0.39 is 0 Å². The standard InChI is InChI=1S/C18H17ClN2O4/c19-14-3-1-12(2-4-14)17(24)20-5-7-21(8-6-20)18(25)13-9-15(22)11-16(23)10-13/h1-4,9-11,22-23H,5-8H2. The lowest BCUT2D eigenvalue weighted by Crippen LogP contribution is -2.50. The summed E-state index contributed by atoms with van der Waals surface area (Å²) < 4.78 is 0. The second-order valence-corrected chi connectivity index (χ2v) is 6.27. The zero-order valence-electron chi connectivity index (χ0n) is 13.4. The number of benzene rings is 2. The predicted molar refractivity (Wildman–Crippen MR) is 93.0 cm³/mol. The second kappa shape index (κ2) is 7.03. The van der Waals surface area contributed by atoms with Crippen molar-refractivity contribution >= 4 is 23.4 Å². The first-order valence-electron chi connectivity index (χ1n) is 7.81. The Balaban J connectivity index is 1.64. The number of carbonyl (C=O) groups is 2. The molecule has 0 atom stereocenters. The largest absolute Gasteiger partial charge is 0.508 e. The van der Waals surface area contributed by atoms with Gasteiger partial charge in [-0.05, 0) is 36.4 Å². The van der Waals surface area contributed by atoms with E-state index in [4.69, 9.17) is 11.6 Å². The van der Waals surface area contributed by atoms with Gasteiger partial charge in [-0.2, -0.15) is 0 Å². The van der Waals surface area contributed by atoms with Crippen molar-refractivity contribution in [2.75, 3.05) is 26.2 Å². The van der Waals surface area contributed by atoms with Crippen LogP contribution in [-0.2, 0) is 0 Å². The van der Waals surface area contributed by atoms with Crippen molar-refractivity contribution < 1.29 is 19.8 Å². The molecule has 25 heavy (non-hydrogen) atoms. The first kappa shape index (κ1) is 17.1. The van der Waals surface area contributed by atoms with E-state index >= 15 is 0 Å². The minimum atomic E-state index is -0.287. The molecule has 6 nitrogen and oxygen atoms in total. The average Bonchev–Trinajstić information content (AvgIpc) is 2.60. The van der Waals surface area contributed by atoms with Crippen LogP contribution in [0.15, 0.2) is 42.5 Å². The molecule has 1 saturated heterocycles. The number of aromatic hydroxyl groups is 2. The van der Waals surface area contributed by atoms with E-state index in [1.807, 2.05) is 0 Å². The van der Waals surface area contributed by atoms with Crippen molar-refractivity contribution in [2.45, 2.75) is 0 Å². The molecule has 2 aromatic rings. The van der Waals surface area contributed by atoms with Gasteiger partial charge in [-0.15, -0.1) is 0 Å². The van der Waals surface area contributed by atoms with Gasteiger partial charge in [0.1, 0.15) is 11.5 Å². The van der Waals surface area contributed by atoms with Crippen LogP contribution >= 0.6 is 11.6 Å². The van der Waals surface area contributed by atoms with Crippen LogP contribution in [0.2, 0.25) is 5.02 Å². The van der Waals surface area contributed by atoms with Crippen LogP contribution in [0.4, 0.5) is 0 Å². The Bertz CT molecular complexity index is 779. The molecular formula is C18H17ClN2O4. The van der Waals surface area contributed by atoms with Gasteiger partial charge in [0.25, 0.3) is 11.8 Å². The smallest absolute Gasteiger partial charge is 0.254 e. The van der Waals surface area contributed by atoms with E-state index in [0.29, 0.717) is 36.8 Å². The Hall–Kier alpha value is -2.73. The molecule has 0 aliphatic carbocycles. The molecule has 0 unspecified atom stereocenters. The highest BCUT2D eigenvalue weighted by atomic mass is 35.5. The first-order valence-corrected chi connectivity index (χ1v) is 8.19. The average molecular weight is 361 g/mol. The van der Waals surface area contributed by atoms with Crippen molar-refractivity contribution in [3.8, 4) is 11.5 Å². The van der Waals surface area contributed by atoms with E-state index in [9.17, 15) is 19.8 Å². The van der Waals surface area contributed by atoms with Crippen LogP contribution in [0.1, 0.15) is 20.7 Å². The third kappa shape index (κ3) is 3.85. The number of amides is 2. The lowest BCUT2D eigenvalue weighted by molar-refractivity contribution is 0.0535. The third-order valence-electron chi connectivity index (χ3n) is 4.09. The Morgan fingerprint density at radius 2 is 1.20 bits per heavy atom. The second-order valence-electron chi connectivity index (χ2n) is 5.83. The maximum Gasteiger partial charge on any atom is 0.254 e. The minimum Gasteiger partial charge on any atom is -0.508 e. The first-order chi connectivity index (χ1) is 11.9. The summed E-state index contributed by atoms with van der Waals surface area (Å²) in [5.74, 6) is -0.719. The molecule has 130 valence electrons. The lowest BCUT2D eigenvalue weighted by Gasteiger charge is -2.35. The van der Waals surface area contributed by atoms with Gasteiger partial charge in [-0.1, -0.05) is 11.6 Å². The van der Waals surface area contributed by atoms with Crippen LogP contribution in [-0.4, -0.2) is 58.0 Å². The molecule has 2 aromatic carbocycles. The molecule has 1 aliphatic heterocycles. The Morgan fingerprint density at radius 1 is 0.760 bits per heavy atom. The number of rotatable bonds is 2. The van der Waals surface area contributed by atoms with Gasteiger partial charge in [0.05, 0.1) is 0 Å². The molecule has 7 heteroatoms. The van der Waals surface area contributed by atoms with Crippen molar-refractivity contribution in [2.24, 2.45) is 0 Å². The Kier molecular flexibility index (Phi) is 4.81. The van der Waals surface area contributed by atoms with Crippen molar-refractivity contribution in [1.29, 1.82) is 0 Å². The van der Waals surface area contributed by atoms with E-state index in [0.717, 1.165) is 0 Å². The third-order valence-corrected chi connectivity index (χ3v) is 4.35. The molecule has 0 radical (unpaired) electrons. The summed E-state index contributed by atoms with van der Waals surface area (Å²) in [6.45, 7) is 1.60. The molecule has 1 aliphatic rings. The molecule has 0 bridgehead atoms. The minimum absolute atomic E-state index is 0.0984. The van der Waals surface area contributed by atoms with Gasteiger partial charge in [0.2, 0.25) is 0 Å². The number of phenols is 2.